The van der Waals surface area contributed by atoms with Crippen molar-refractivity contribution in [2.45, 2.75) is 52.0 Å². The SMILES string of the molecule is CC1(C)CC(=O)N(CC2CCCCN2)C(=O)C1. The van der Waals surface area contributed by atoms with Crippen LogP contribution in [-0.2, 0) is 9.59 Å². The molecule has 1 atom stereocenters. The van der Waals surface area contributed by atoms with E-state index in [-0.39, 0.29) is 17.2 Å². The lowest BCUT2D eigenvalue weighted by atomic mass is 9.81. The summed E-state index contributed by atoms with van der Waals surface area (Å²) in [6, 6.07) is 0.304. The molecule has 2 saturated heterocycles. The molecule has 0 bridgehead atoms. The van der Waals surface area contributed by atoms with Crippen molar-refractivity contribution < 1.29 is 9.59 Å². The zero-order valence-corrected chi connectivity index (χ0v) is 10.8. The minimum absolute atomic E-state index is 0.00127. The molecule has 0 spiro atoms. The molecule has 2 rings (SSSR count). The lowest BCUT2D eigenvalue weighted by Crippen LogP contribution is -2.52. The largest absolute Gasteiger partial charge is 0.312 e. The molecule has 0 aliphatic carbocycles. The highest BCUT2D eigenvalue weighted by molar-refractivity contribution is 5.98. The molecule has 96 valence electrons. The van der Waals surface area contributed by atoms with Crippen LogP contribution in [0.25, 0.3) is 0 Å². The maximum atomic E-state index is 12.0. The molecular formula is C13H22N2O2. The molecule has 0 aromatic rings. The second-order valence-electron chi connectivity index (χ2n) is 6.06. The summed E-state index contributed by atoms with van der Waals surface area (Å²) in [6.45, 7) is 5.54. The predicted octanol–water partition coefficient (Wildman–Crippen LogP) is 1.30. The molecule has 2 fully saturated rings. The molecule has 2 amide bonds. The Morgan fingerprint density at radius 3 is 2.41 bits per heavy atom. The highest BCUT2D eigenvalue weighted by Gasteiger charge is 2.38. The van der Waals surface area contributed by atoms with Crippen LogP contribution in [0.1, 0.15) is 46.0 Å². The molecular weight excluding hydrogens is 216 g/mol. The minimum Gasteiger partial charge on any atom is -0.312 e. The van der Waals surface area contributed by atoms with Crippen LogP contribution in [0.15, 0.2) is 0 Å². The number of hydrogen-bond donors (Lipinski definition) is 1. The van der Waals surface area contributed by atoms with Gasteiger partial charge >= 0.3 is 0 Å². The van der Waals surface area contributed by atoms with Crippen molar-refractivity contribution in [1.29, 1.82) is 0 Å². The summed E-state index contributed by atoms with van der Waals surface area (Å²) in [7, 11) is 0. The predicted molar refractivity (Wildman–Crippen MR) is 65.4 cm³/mol. The van der Waals surface area contributed by atoms with Gasteiger partial charge in [0.15, 0.2) is 0 Å². The van der Waals surface area contributed by atoms with E-state index in [0.29, 0.717) is 25.4 Å². The van der Waals surface area contributed by atoms with Gasteiger partial charge in [0.2, 0.25) is 11.8 Å². The van der Waals surface area contributed by atoms with Gasteiger partial charge in [0.05, 0.1) is 0 Å². The zero-order chi connectivity index (χ0) is 12.5. The van der Waals surface area contributed by atoms with E-state index < -0.39 is 0 Å². The molecule has 2 heterocycles. The van der Waals surface area contributed by atoms with Crippen molar-refractivity contribution >= 4 is 11.8 Å². The highest BCUT2D eigenvalue weighted by Crippen LogP contribution is 2.31. The fourth-order valence-electron chi connectivity index (χ4n) is 2.72. The van der Waals surface area contributed by atoms with Crippen LogP contribution in [0.2, 0.25) is 0 Å². The molecule has 0 saturated carbocycles. The number of likely N-dealkylation sites (tertiary alicyclic amines) is 1. The van der Waals surface area contributed by atoms with Crippen LogP contribution in [-0.4, -0.2) is 35.8 Å². The van der Waals surface area contributed by atoms with Crippen LogP contribution in [0.5, 0.6) is 0 Å². The Morgan fingerprint density at radius 1 is 1.24 bits per heavy atom. The first-order chi connectivity index (χ1) is 7.98. The van der Waals surface area contributed by atoms with Gasteiger partial charge in [-0.25, -0.2) is 0 Å². The number of piperidine rings is 2. The third kappa shape index (κ3) is 3.06. The molecule has 2 aliphatic rings. The molecule has 1 N–H and O–H groups in total. The Hall–Kier alpha value is -0.900. The van der Waals surface area contributed by atoms with E-state index in [1.807, 2.05) is 13.8 Å². The Morgan fingerprint density at radius 2 is 1.88 bits per heavy atom. The van der Waals surface area contributed by atoms with Crippen LogP contribution in [0.4, 0.5) is 0 Å². The fraction of sp³-hybridized carbons (Fsp3) is 0.846. The molecule has 1 unspecified atom stereocenters. The number of nitrogens with one attached hydrogen (secondary N) is 1. The van der Waals surface area contributed by atoms with Crippen LogP contribution >= 0.6 is 0 Å². The summed E-state index contributed by atoms with van der Waals surface area (Å²) in [5.74, 6) is -0.00255. The van der Waals surface area contributed by atoms with Crippen molar-refractivity contribution in [2.75, 3.05) is 13.1 Å². The lowest BCUT2D eigenvalue weighted by molar-refractivity contribution is -0.152. The second-order valence-corrected chi connectivity index (χ2v) is 6.06. The summed E-state index contributed by atoms with van der Waals surface area (Å²) < 4.78 is 0. The molecule has 17 heavy (non-hydrogen) atoms. The Labute approximate surface area is 103 Å². The number of carbonyl (C=O) groups excluding carboxylic acids is 2. The maximum Gasteiger partial charge on any atom is 0.229 e. The van der Waals surface area contributed by atoms with Crippen molar-refractivity contribution in [2.24, 2.45) is 5.41 Å². The molecule has 4 nitrogen and oxygen atoms in total. The number of imide groups is 1. The van der Waals surface area contributed by atoms with Crippen molar-refractivity contribution in [3.05, 3.63) is 0 Å². The van der Waals surface area contributed by atoms with E-state index in [2.05, 4.69) is 5.32 Å². The third-order valence-corrected chi connectivity index (χ3v) is 3.68. The normalized spacial score (nSPS) is 29.5. The Kier molecular flexibility index (Phi) is 3.52. The van der Waals surface area contributed by atoms with Gasteiger partial charge in [0.25, 0.3) is 0 Å². The van der Waals surface area contributed by atoms with E-state index in [1.54, 1.807) is 0 Å². The quantitative estimate of drug-likeness (QED) is 0.738. The van der Waals surface area contributed by atoms with Crippen LogP contribution < -0.4 is 5.32 Å². The number of amides is 2. The average Bonchev–Trinajstić information content (AvgIpc) is 2.24. The molecule has 0 aromatic heterocycles. The summed E-state index contributed by atoms with van der Waals surface area (Å²) in [4.78, 5) is 25.4. The topological polar surface area (TPSA) is 49.4 Å². The maximum absolute atomic E-state index is 12.0. The standard InChI is InChI=1S/C13H22N2O2/c1-13(2)7-11(16)15(12(17)8-13)9-10-5-3-4-6-14-10/h10,14H,3-9H2,1-2H3. The van der Waals surface area contributed by atoms with Gasteiger partial charge in [-0.2, -0.15) is 0 Å². The van der Waals surface area contributed by atoms with Crippen molar-refractivity contribution in [3.63, 3.8) is 0 Å². The molecule has 0 radical (unpaired) electrons. The third-order valence-electron chi connectivity index (χ3n) is 3.68. The Balaban J connectivity index is 1.96. The average molecular weight is 238 g/mol. The fourth-order valence-corrected chi connectivity index (χ4v) is 2.72. The van der Waals surface area contributed by atoms with Gasteiger partial charge < -0.3 is 5.32 Å². The van der Waals surface area contributed by atoms with E-state index in [4.69, 9.17) is 0 Å². The molecule has 2 aliphatic heterocycles. The zero-order valence-electron chi connectivity index (χ0n) is 10.8. The van der Waals surface area contributed by atoms with Gasteiger partial charge in [-0.15, -0.1) is 0 Å². The summed E-state index contributed by atoms with van der Waals surface area (Å²) in [6.07, 6.45) is 4.45. The van der Waals surface area contributed by atoms with Gasteiger partial charge in [0, 0.05) is 25.4 Å². The Bertz CT molecular complexity index is 299. The van der Waals surface area contributed by atoms with Gasteiger partial charge in [0.1, 0.15) is 0 Å². The first kappa shape index (κ1) is 12.6. The van der Waals surface area contributed by atoms with Gasteiger partial charge in [-0.1, -0.05) is 20.3 Å². The smallest absolute Gasteiger partial charge is 0.229 e. The monoisotopic (exact) mass is 238 g/mol. The van der Waals surface area contributed by atoms with Crippen LogP contribution in [0.3, 0.4) is 0 Å². The number of rotatable bonds is 2. The minimum atomic E-state index is -0.162. The summed E-state index contributed by atoms with van der Waals surface area (Å²) >= 11 is 0. The van der Waals surface area contributed by atoms with E-state index in [9.17, 15) is 9.59 Å². The highest BCUT2D eigenvalue weighted by atomic mass is 16.2. The van der Waals surface area contributed by atoms with E-state index in [0.717, 1.165) is 13.0 Å². The summed E-state index contributed by atoms with van der Waals surface area (Å²) in [5.41, 5.74) is -0.162. The number of nitrogens with zero attached hydrogens (tertiary/aromatic N) is 1. The van der Waals surface area contributed by atoms with E-state index in [1.165, 1.54) is 17.7 Å². The lowest BCUT2D eigenvalue weighted by Gasteiger charge is -2.37. The first-order valence-corrected chi connectivity index (χ1v) is 6.54. The summed E-state index contributed by atoms with van der Waals surface area (Å²) in [5, 5.41) is 3.38. The molecule has 0 aromatic carbocycles. The van der Waals surface area contributed by atoms with E-state index >= 15 is 0 Å². The molecule has 4 heteroatoms. The number of carbonyl (C=O) groups is 2. The van der Waals surface area contributed by atoms with Crippen LogP contribution in [0, 0.1) is 5.41 Å². The van der Waals surface area contributed by atoms with Crippen molar-refractivity contribution in [1.82, 2.24) is 10.2 Å². The van der Waals surface area contributed by atoms with Gasteiger partial charge in [-0.05, 0) is 24.8 Å². The second kappa shape index (κ2) is 4.77. The number of hydrogen-bond acceptors (Lipinski definition) is 3. The van der Waals surface area contributed by atoms with Crippen molar-refractivity contribution in [3.8, 4) is 0 Å². The first-order valence-electron chi connectivity index (χ1n) is 6.54. The van der Waals surface area contributed by atoms with Gasteiger partial charge in [-0.3, -0.25) is 14.5 Å².